The molecule has 0 saturated heterocycles. The van der Waals surface area contributed by atoms with Crippen LogP contribution in [0.4, 0.5) is 4.39 Å². The summed E-state index contributed by atoms with van der Waals surface area (Å²) in [5, 5.41) is 0.142. The summed E-state index contributed by atoms with van der Waals surface area (Å²) in [6.07, 6.45) is 8.66. The summed E-state index contributed by atoms with van der Waals surface area (Å²) >= 11 is 0. The van der Waals surface area contributed by atoms with Crippen molar-refractivity contribution in [1.82, 2.24) is 0 Å². The Balaban J connectivity index is 2.19. The number of ether oxygens (including phenoxy) is 1. The van der Waals surface area contributed by atoms with Crippen molar-refractivity contribution in [2.45, 2.75) is 70.4 Å². The molecule has 0 amide bonds. The van der Waals surface area contributed by atoms with E-state index in [-0.39, 0.29) is 23.1 Å². The van der Waals surface area contributed by atoms with Crippen molar-refractivity contribution >= 4 is 14.4 Å². The van der Waals surface area contributed by atoms with Gasteiger partial charge in [-0.1, -0.05) is 32.9 Å². The van der Waals surface area contributed by atoms with Crippen LogP contribution in [0.15, 0.2) is 36.9 Å². The third-order valence-corrected chi connectivity index (χ3v) is 9.72. The Hall–Kier alpha value is -1.39. The molecule has 1 aromatic rings. The van der Waals surface area contributed by atoms with Crippen molar-refractivity contribution in [3.8, 4) is 5.75 Å². The van der Waals surface area contributed by atoms with Gasteiger partial charge in [0, 0.05) is 5.56 Å². The average molecular weight is 363 g/mol. The van der Waals surface area contributed by atoms with E-state index in [2.05, 4.69) is 40.4 Å². The molecule has 0 spiro atoms. The first-order valence-corrected chi connectivity index (χ1v) is 12.0. The second-order valence-corrected chi connectivity index (χ2v) is 13.0. The molecule has 4 heteroatoms. The predicted octanol–water partition coefficient (Wildman–Crippen LogP) is 6.35. The van der Waals surface area contributed by atoms with Crippen molar-refractivity contribution in [2.75, 3.05) is 0 Å². The molecule has 2 rings (SSSR count). The van der Waals surface area contributed by atoms with Gasteiger partial charge in [-0.25, -0.2) is 4.39 Å². The minimum absolute atomic E-state index is 0.00436. The van der Waals surface area contributed by atoms with Crippen LogP contribution in [-0.4, -0.2) is 20.5 Å². The molecule has 2 nitrogen and oxygen atoms in total. The normalized spacial score (nSPS) is 18.4. The third-order valence-electron chi connectivity index (χ3n) is 5.22. The van der Waals surface area contributed by atoms with Crippen LogP contribution in [0.25, 0.3) is 6.08 Å². The Morgan fingerprint density at radius 3 is 2.72 bits per heavy atom. The van der Waals surface area contributed by atoms with Gasteiger partial charge in [-0.2, -0.15) is 0 Å². The van der Waals surface area contributed by atoms with Crippen molar-refractivity contribution < 1.29 is 13.6 Å². The van der Waals surface area contributed by atoms with Crippen molar-refractivity contribution in [3.63, 3.8) is 0 Å². The molecule has 2 atom stereocenters. The minimum atomic E-state index is -1.91. The zero-order valence-electron chi connectivity index (χ0n) is 16.1. The number of unbranched alkanes of at least 4 members (excludes halogenated alkanes) is 1. The first-order valence-electron chi connectivity index (χ1n) is 9.07. The maximum Gasteiger partial charge on any atom is 0.192 e. The van der Waals surface area contributed by atoms with E-state index in [9.17, 15) is 4.39 Å². The molecule has 25 heavy (non-hydrogen) atoms. The fourth-order valence-corrected chi connectivity index (χ4v) is 4.01. The van der Waals surface area contributed by atoms with E-state index in [4.69, 9.17) is 9.16 Å². The van der Waals surface area contributed by atoms with E-state index in [0.29, 0.717) is 0 Å². The zero-order valence-corrected chi connectivity index (χ0v) is 17.1. The summed E-state index contributed by atoms with van der Waals surface area (Å²) in [5.41, 5.74) is 0.786. The summed E-state index contributed by atoms with van der Waals surface area (Å²) in [4.78, 5) is 0. The van der Waals surface area contributed by atoms with Gasteiger partial charge in [0.1, 0.15) is 17.7 Å². The minimum Gasteiger partial charge on any atom is -0.483 e. The quantitative estimate of drug-likeness (QED) is 0.320. The Bertz CT molecular complexity index is 631. The van der Waals surface area contributed by atoms with Gasteiger partial charge in [0.25, 0.3) is 0 Å². The van der Waals surface area contributed by atoms with Crippen LogP contribution in [0.1, 0.15) is 45.6 Å². The molecule has 0 aromatic heterocycles. The molecule has 0 aliphatic carbocycles. The summed E-state index contributed by atoms with van der Waals surface area (Å²) in [5.74, 6) is 0.479. The third kappa shape index (κ3) is 5.05. The molecule has 0 N–H and O–H groups in total. The van der Waals surface area contributed by atoms with E-state index >= 15 is 0 Å². The lowest BCUT2D eigenvalue weighted by Gasteiger charge is -2.41. The molecule has 1 aliphatic heterocycles. The first-order chi connectivity index (χ1) is 11.6. The topological polar surface area (TPSA) is 18.5 Å². The maximum atomic E-state index is 13.4. The van der Waals surface area contributed by atoms with E-state index in [1.165, 1.54) is 12.1 Å². The van der Waals surface area contributed by atoms with Crippen molar-refractivity contribution in [3.05, 3.63) is 48.3 Å². The van der Waals surface area contributed by atoms with E-state index in [1.807, 2.05) is 18.2 Å². The fraction of sp³-hybridized carbons (Fsp3) is 0.524. The smallest absolute Gasteiger partial charge is 0.192 e. The first kappa shape index (κ1) is 19.9. The average Bonchev–Trinajstić information content (AvgIpc) is 2.52. The van der Waals surface area contributed by atoms with Gasteiger partial charge in [0.15, 0.2) is 8.32 Å². The summed E-state index contributed by atoms with van der Waals surface area (Å²) in [7, 11) is -1.91. The van der Waals surface area contributed by atoms with E-state index < -0.39 is 8.32 Å². The number of rotatable bonds is 7. The monoisotopic (exact) mass is 362 g/mol. The number of halogens is 1. The predicted molar refractivity (Wildman–Crippen MR) is 106 cm³/mol. The van der Waals surface area contributed by atoms with Crippen LogP contribution in [0.5, 0.6) is 5.75 Å². The highest BCUT2D eigenvalue weighted by atomic mass is 28.4. The molecule has 1 heterocycles. The molecule has 0 bridgehead atoms. The highest BCUT2D eigenvalue weighted by Crippen LogP contribution is 2.39. The molecule has 0 saturated carbocycles. The van der Waals surface area contributed by atoms with Crippen molar-refractivity contribution in [1.29, 1.82) is 0 Å². The lowest BCUT2D eigenvalue weighted by Crippen LogP contribution is -2.48. The number of benzene rings is 1. The molecule has 138 valence electrons. The van der Waals surface area contributed by atoms with Gasteiger partial charge in [-0.15, -0.1) is 6.58 Å². The fourth-order valence-electron chi connectivity index (χ4n) is 2.65. The van der Waals surface area contributed by atoms with Crippen LogP contribution < -0.4 is 4.74 Å². The van der Waals surface area contributed by atoms with Crippen LogP contribution in [0, 0.1) is 5.82 Å². The Morgan fingerprint density at radius 2 is 2.08 bits per heavy atom. The van der Waals surface area contributed by atoms with Gasteiger partial charge in [-0.3, -0.25) is 0 Å². The van der Waals surface area contributed by atoms with Gasteiger partial charge in [0.05, 0.1) is 6.10 Å². The van der Waals surface area contributed by atoms with E-state index in [1.54, 1.807) is 6.07 Å². The number of hydrogen-bond acceptors (Lipinski definition) is 2. The zero-order chi connectivity index (χ0) is 18.7. The summed E-state index contributed by atoms with van der Waals surface area (Å²) in [6, 6.07) is 4.65. The Kier molecular flexibility index (Phi) is 6.28. The highest BCUT2D eigenvalue weighted by Gasteiger charge is 2.41. The van der Waals surface area contributed by atoms with Crippen LogP contribution >= 0.6 is 0 Å². The highest BCUT2D eigenvalue weighted by molar-refractivity contribution is 6.74. The van der Waals surface area contributed by atoms with Gasteiger partial charge in [0.2, 0.25) is 0 Å². The SMILES string of the molecule is C=CCCC[C@@H](O[Si](C)(C)C(C)(C)C)[C@@H]1C=Cc2cc(F)ccc2O1. The van der Waals surface area contributed by atoms with Gasteiger partial charge >= 0.3 is 0 Å². The van der Waals surface area contributed by atoms with E-state index in [0.717, 1.165) is 30.6 Å². The van der Waals surface area contributed by atoms with Crippen LogP contribution in [-0.2, 0) is 4.43 Å². The lowest BCUT2D eigenvalue weighted by molar-refractivity contribution is 0.0634. The molecular formula is C21H31FO2Si. The second kappa shape index (κ2) is 7.88. The Morgan fingerprint density at radius 1 is 1.36 bits per heavy atom. The molecular weight excluding hydrogens is 331 g/mol. The molecule has 0 fully saturated rings. The van der Waals surface area contributed by atoms with Gasteiger partial charge in [-0.05, 0) is 61.7 Å². The largest absolute Gasteiger partial charge is 0.483 e. The molecule has 0 unspecified atom stereocenters. The number of hydrogen-bond donors (Lipinski definition) is 0. The summed E-state index contributed by atoms with van der Waals surface area (Å²) < 4.78 is 26.2. The van der Waals surface area contributed by atoms with Crippen molar-refractivity contribution in [2.24, 2.45) is 0 Å². The van der Waals surface area contributed by atoms with Crippen LogP contribution in [0.2, 0.25) is 18.1 Å². The van der Waals surface area contributed by atoms with Gasteiger partial charge < -0.3 is 9.16 Å². The second-order valence-electron chi connectivity index (χ2n) is 8.26. The Labute approximate surface area is 152 Å². The number of fused-ring (bicyclic) bond motifs is 1. The lowest BCUT2D eigenvalue weighted by atomic mass is 10.0. The number of allylic oxidation sites excluding steroid dienone is 1. The molecule has 1 aliphatic rings. The molecule has 1 aromatic carbocycles. The molecule has 0 radical (unpaired) electrons. The standard InChI is InChI=1S/C21H31FO2Si/c1-7-8-9-10-20(24-25(5,6)21(2,3)4)19-13-11-16-15-17(22)12-14-18(16)23-19/h7,11-15,19-20H,1,8-10H2,2-6H3/t19-,20+/m0/s1. The van der Waals surface area contributed by atoms with Crippen LogP contribution in [0.3, 0.4) is 0 Å². The summed E-state index contributed by atoms with van der Waals surface area (Å²) in [6.45, 7) is 15.1. The maximum absolute atomic E-state index is 13.4.